The number of rotatable bonds is 4. The number of hydrogen-bond donors (Lipinski definition) is 0. The van der Waals surface area contributed by atoms with E-state index >= 15 is 0 Å². The Labute approximate surface area is 186 Å². The SMILES string of the molecule is CC12CCC3C(CC=C4CC(O[Si](C)(C)C)CCC43C)C1CC(O[Si](C)(C)C)C2=O. The standard InChI is InChI=1S/C25H44O3Si2/c1-24-13-11-18(27-29(3,4)5)15-17(24)9-10-19-20(24)12-14-25(2)21(19)16-22(23(25)26)28-30(6,7)8/h9,18-22H,10-16H2,1-8H3. The van der Waals surface area contributed by atoms with Crippen molar-refractivity contribution in [2.45, 2.75) is 110 Å². The van der Waals surface area contributed by atoms with Crippen molar-refractivity contribution in [1.82, 2.24) is 0 Å². The first-order chi connectivity index (χ1) is 13.7. The number of carbonyl (C=O) groups excluding carboxylic acids is 1. The molecule has 0 aromatic carbocycles. The molecule has 0 radical (unpaired) electrons. The van der Waals surface area contributed by atoms with Gasteiger partial charge in [0.15, 0.2) is 22.4 Å². The van der Waals surface area contributed by atoms with E-state index in [1.54, 1.807) is 5.57 Å². The molecule has 7 atom stereocenters. The third-order valence-corrected chi connectivity index (χ3v) is 10.8. The van der Waals surface area contributed by atoms with Crippen LogP contribution in [-0.2, 0) is 13.6 Å². The van der Waals surface area contributed by atoms with E-state index in [2.05, 4.69) is 59.2 Å². The number of hydrogen-bond acceptors (Lipinski definition) is 3. The lowest BCUT2D eigenvalue weighted by Gasteiger charge is -2.57. The Bertz CT molecular complexity index is 734. The number of ketones is 1. The molecule has 0 amide bonds. The van der Waals surface area contributed by atoms with Crippen molar-refractivity contribution in [3.05, 3.63) is 11.6 Å². The van der Waals surface area contributed by atoms with Crippen LogP contribution in [0.15, 0.2) is 11.6 Å². The van der Waals surface area contributed by atoms with Gasteiger partial charge in [-0.15, -0.1) is 0 Å². The van der Waals surface area contributed by atoms with E-state index in [-0.39, 0.29) is 11.5 Å². The van der Waals surface area contributed by atoms with Crippen LogP contribution < -0.4 is 0 Å². The fourth-order valence-electron chi connectivity index (χ4n) is 7.52. The van der Waals surface area contributed by atoms with E-state index in [1.165, 1.54) is 19.3 Å². The molecule has 0 spiro atoms. The van der Waals surface area contributed by atoms with Gasteiger partial charge in [0.25, 0.3) is 0 Å². The van der Waals surface area contributed by atoms with Crippen molar-refractivity contribution < 1.29 is 13.6 Å². The molecular weight excluding hydrogens is 404 g/mol. The van der Waals surface area contributed by atoms with Gasteiger partial charge in [0.1, 0.15) is 6.10 Å². The Kier molecular flexibility index (Phi) is 5.65. The maximum absolute atomic E-state index is 13.4. The predicted molar refractivity (Wildman–Crippen MR) is 129 cm³/mol. The predicted octanol–water partition coefficient (Wildman–Crippen LogP) is 6.57. The van der Waals surface area contributed by atoms with Gasteiger partial charge in [-0.25, -0.2) is 0 Å². The molecule has 5 heteroatoms. The van der Waals surface area contributed by atoms with Gasteiger partial charge in [-0.05, 0) is 107 Å². The Morgan fingerprint density at radius 2 is 1.53 bits per heavy atom. The minimum atomic E-state index is -1.72. The monoisotopic (exact) mass is 448 g/mol. The van der Waals surface area contributed by atoms with Crippen molar-refractivity contribution >= 4 is 22.4 Å². The zero-order chi connectivity index (χ0) is 22.1. The lowest BCUT2D eigenvalue weighted by Crippen LogP contribution is -2.51. The smallest absolute Gasteiger partial charge is 0.184 e. The molecule has 7 unspecified atom stereocenters. The zero-order valence-electron chi connectivity index (χ0n) is 20.6. The molecule has 0 N–H and O–H groups in total. The normalized spacial score (nSPS) is 44.2. The average Bonchev–Trinajstić information content (AvgIpc) is 2.84. The van der Waals surface area contributed by atoms with Gasteiger partial charge in [-0.1, -0.05) is 25.5 Å². The first-order valence-corrected chi connectivity index (χ1v) is 19.1. The van der Waals surface area contributed by atoms with Crippen LogP contribution >= 0.6 is 0 Å². The summed E-state index contributed by atoms with van der Waals surface area (Å²) >= 11 is 0. The highest BCUT2D eigenvalue weighted by atomic mass is 28.4. The third kappa shape index (κ3) is 3.97. The van der Waals surface area contributed by atoms with Gasteiger partial charge in [-0.3, -0.25) is 4.79 Å². The number of Topliss-reactive ketones (excluding diaryl/α,β-unsaturated/α-hetero) is 1. The topological polar surface area (TPSA) is 35.5 Å². The van der Waals surface area contributed by atoms with E-state index in [4.69, 9.17) is 8.85 Å². The molecule has 0 saturated heterocycles. The second-order valence-electron chi connectivity index (χ2n) is 13.1. The van der Waals surface area contributed by atoms with E-state index in [0.29, 0.717) is 29.1 Å². The van der Waals surface area contributed by atoms with Gasteiger partial charge in [0, 0.05) is 11.5 Å². The first kappa shape index (κ1) is 22.9. The minimum absolute atomic E-state index is 0.149. The van der Waals surface area contributed by atoms with Gasteiger partial charge >= 0.3 is 0 Å². The molecule has 0 aliphatic heterocycles. The summed E-state index contributed by atoms with van der Waals surface area (Å²) in [5, 5.41) is 0. The summed E-state index contributed by atoms with van der Waals surface area (Å²) in [7, 11) is -3.22. The fraction of sp³-hybridized carbons (Fsp3) is 0.880. The highest BCUT2D eigenvalue weighted by Gasteiger charge is 2.61. The van der Waals surface area contributed by atoms with Crippen LogP contribution in [0.4, 0.5) is 0 Å². The highest BCUT2D eigenvalue weighted by Crippen LogP contribution is 2.64. The summed E-state index contributed by atoms with van der Waals surface area (Å²) in [5.41, 5.74) is 1.82. The van der Waals surface area contributed by atoms with Gasteiger partial charge in [0.2, 0.25) is 0 Å². The van der Waals surface area contributed by atoms with Crippen molar-refractivity contribution in [3.8, 4) is 0 Å². The van der Waals surface area contributed by atoms with Crippen LogP contribution in [0.25, 0.3) is 0 Å². The lowest BCUT2D eigenvalue weighted by molar-refractivity contribution is -0.136. The highest BCUT2D eigenvalue weighted by molar-refractivity contribution is 6.70. The van der Waals surface area contributed by atoms with Crippen molar-refractivity contribution in [1.29, 1.82) is 0 Å². The maximum Gasteiger partial charge on any atom is 0.184 e. The number of fused-ring (bicyclic) bond motifs is 5. The fourth-order valence-corrected chi connectivity index (χ4v) is 9.78. The summed E-state index contributed by atoms with van der Waals surface area (Å²) in [5.74, 6) is 2.28. The Hall–Kier alpha value is -0.236. The van der Waals surface area contributed by atoms with Gasteiger partial charge < -0.3 is 8.85 Å². The van der Waals surface area contributed by atoms with Crippen molar-refractivity contribution in [3.63, 3.8) is 0 Å². The van der Waals surface area contributed by atoms with Gasteiger partial charge in [-0.2, -0.15) is 0 Å². The number of carbonyl (C=O) groups is 1. The van der Waals surface area contributed by atoms with E-state index < -0.39 is 16.6 Å². The van der Waals surface area contributed by atoms with Crippen LogP contribution in [0.2, 0.25) is 39.3 Å². The van der Waals surface area contributed by atoms with Crippen LogP contribution in [0, 0.1) is 28.6 Å². The molecule has 0 aromatic heterocycles. The summed E-state index contributed by atoms with van der Waals surface area (Å²) in [6.45, 7) is 18.4. The molecule has 3 saturated carbocycles. The second-order valence-corrected chi connectivity index (χ2v) is 22.1. The molecule has 4 rings (SSSR count). The molecule has 3 fully saturated rings. The average molecular weight is 449 g/mol. The number of allylic oxidation sites excluding steroid dienone is 1. The molecule has 4 aliphatic rings. The molecule has 30 heavy (non-hydrogen) atoms. The van der Waals surface area contributed by atoms with Crippen molar-refractivity contribution in [2.24, 2.45) is 28.6 Å². The molecule has 170 valence electrons. The molecule has 0 bridgehead atoms. The molecular formula is C25H44O3Si2. The summed E-state index contributed by atoms with van der Waals surface area (Å²) in [6, 6.07) is 0. The van der Waals surface area contributed by atoms with Gasteiger partial charge in [0.05, 0.1) is 0 Å². The van der Waals surface area contributed by atoms with E-state index in [0.717, 1.165) is 31.6 Å². The van der Waals surface area contributed by atoms with E-state index in [9.17, 15) is 4.79 Å². The Morgan fingerprint density at radius 3 is 2.17 bits per heavy atom. The zero-order valence-corrected chi connectivity index (χ0v) is 22.6. The van der Waals surface area contributed by atoms with Crippen LogP contribution in [-0.4, -0.2) is 34.6 Å². The molecule has 4 aliphatic carbocycles. The molecule has 3 nitrogen and oxygen atoms in total. The summed E-state index contributed by atoms with van der Waals surface area (Å²) in [6.07, 6.45) is 10.8. The molecule has 0 heterocycles. The largest absolute Gasteiger partial charge is 0.414 e. The minimum Gasteiger partial charge on any atom is -0.414 e. The van der Waals surface area contributed by atoms with Crippen molar-refractivity contribution in [2.75, 3.05) is 0 Å². The van der Waals surface area contributed by atoms with Crippen LogP contribution in [0.1, 0.15) is 58.8 Å². The summed E-state index contributed by atoms with van der Waals surface area (Å²) < 4.78 is 12.9. The van der Waals surface area contributed by atoms with E-state index in [1.807, 2.05) is 0 Å². The Balaban J connectivity index is 1.56. The second kappa shape index (κ2) is 7.39. The first-order valence-electron chi connectivity index (χ1n) is 12.3. The van der Waals surface area contributed by atoms with Crippen LogP contribution in [0.3, 0.4) is 0 Å². The van der Waals surface area contributed by atoms with Crippen LogP contribution in [0.5, 0.6) is 0 Å². The molecule has 0 aromatic rings. The summed E-state index contributed by atoms with van der Waals surface area (Å²) in [4.78, 5) is 13.4. The lowest BCUT2D eigenvalue weighted by atomic mass is 9.48. The maximum atomic E-state index is 13.4. The Morgan fingerprint density at radius 1 is 0.900 bits per heavy atom. The third-order valence-electron chi connectivity index (χ3n) is 8.79. The quantitative estimate of drug-likeness (QED) is 0.360.